The van der Waals surface area contributed by atoms with Crippen LogP contribution in [0.3, 0.4) is 0 Å². The second-order valence-electron chi connectivity index (χ2n) is 2.96. The van der Waals surface area contributed by atoms with Crippen LogP contribution >= 0.6 is 11.6 Å². The minimum Gasteiger partial charge on any atom is -0.380 e. The number of nitrogens with two attached hydrogens (primary N) is 1. The summed E-state index contributed by atoms with van der Waals surface area (Å²) in [7, 11) is 1.79. The van der Waals surface area contributed by atoms with Gasteiger partial charge in [-0.15, -0.1) is 5.10 Å². The van der Waals surface area contributed by atoms with Crippen molar-refractivity contribution >= 4 is 17.4 Å². The minimum atomic E-state index is 0.412. The van der Waals surface area contributed by atoms with Gasteiger partial charge in [0, 0.05) is 17.6 Å². The molecule has 1 aromatic heterocycles. The topological polar surface area (TPSA) is 56.7 Å². The number of anilines is 1. The quantitative estimate of drug-likeness (QED) is 0.777. The van der Waals surface area contributed by atoms with Gasteiger partial charge in [-0.05, 0) is 12.1 Å². The van der Waals surface area contributed by atoms with E-state index in [1.165, 1.54) is 0 Å². The number of rotatable bonds is 1. The third kappa shape index (κ3) is 1.44. The number of benzene rings is 1. The molecule has 0 spiro atoms. The van der Waals surface area contributed by atoms with Gasteiger partial charge >= 0.3 is 0 Å². The fourth-order valence-electron chi connectivity index (χ4n) is 1.34. The maximum Gasteiger partial charge on any atom is 0.174 e. The molecule has 14 heavy (non-hydrogen) atoms. The van der Waals surface area contributed by atoms with Crippen LogP contribution in [-0.2, 0) is 7.05 Å². The van der Waals surface area contributed by atoms with Crippen LogP contribution in [0, 0.1) is 0 Å². The van der Waals surface area contributed by atoms with E-state index in [-0.39, 0.29) is 0 Å². The molecule has 0 saturated carbocycles. The molecule has 1 heterocycles. The van der Waals surface area contributed by atoms with Crippen LogP contribution in [0.25, 0.3) is 11.3 Å². The lowest BCUT2D eigenvalue weighted by Crippen LogP contribution is -1.95. The first-order valence-corrected chi connectivity index (χ1v) is 4.47. The average molecular weight is 209 g/mol. The van der Waals surface area contributed by atoms with E-state index >= 15 is 0 Å². The van der Waals surface area contributed by atoms with Gasteiger partial charge < -0.3 is 5.73 Å². The first kappa shape index (κ1) is 9.02. The van der Waals surface area contributed by atoms with Crippen molar-refractivity contribution in [3.8, 4) is 11.3 Å². The first-order chi connectivity index (χ1) is 6.68. The van der Waals surface area contributed by atoms with E-state index in [9.17, 15) is 0 Å². The summed E-state index contributed by atoms with van der Waals surface area (Å²) in [5.41, 5.74) is 7.39. The van der Waals surface area contributed by atoms with Gasteiger partial charge in [-0.1, -0.05) is 28.9 Å². The van der Waals surface area contributed by atoms with Gasteiger partial charge in [-0.25, -0.2) is 4.68 Å². The van der Waals surface area contributed by atoms with Gasteiger partial charge in [0.2, 0.25) is 0 Å². The van der Waals surface area contributed by atoms with E-state index in [1.807, 2.05) is 24.3 Å². The first-order valence-electron chi connectivity index (χ1n) is 4.09. The zero-order chi connectivity index (χ0) is 10.1. The molecule has 0 amide bonds. The molecule has 2 rings (SSSR count). The number of nitrogens with zero attached hydrogens (tertiary/aromatic N) is 3. The summed E-state index contributed by atoms with van der Waals surface area (Å²) in [5.74, 6) is 0.412. The third-order valence-corrected chi connectivity index (χ3v) is 2.19. The Hall–Kier alpha value is -1.55. The second-order valence-corrected chi connectivity index (χ2v) is 3.39. The highest BCUT2D eigenvalue weighted by Crippen LogP contribution is 2.25. The van der Waals surface area contributed by atoms with Gasteiger partial charge in [0.15, 0.2) is 5.82 Å². The Morgan fingerprint density at radius 3 is 2.79 bits per heavy atom. The molecule has 0 unspecified atom stereocenters. The normalized spacial score (nSPS) is 10.4. The molecule has 0 bridgehead atoms. The molecule has 72 valence electrons. The van der Waals surface area contributed by atoms with Crippen molar-refractivity contribution in [3.05, 3.63) is 29.3 Å². The van der Waals surface area contributed by atoms with Crippen molar-refractivity contribution in [3.63, 3.8) is 0 Å². The number of halogens is 1. The highest BCUT2D eigenvalue weighted by Gasteiger charge is 2.09. The SMILES string of the molecule is Cn1nnc(N)c1-c1cccc(Cl)c1. The van der Waals surface area contributed by atoms with Gasteiger partial charge in [0.25, 0.3) is 0 Å². The number of aromatic nitrogens is 3. The van der Waals surface area contributed by atoms with Crippen molar-refractivity contribution < 1.29 is 0 Å². The Morgan fingerprint density at radius 1 is 1.43 bits per heavy atom. The van der Waals surface area contributed by atoms with Gasteiger partial charge in [-0.2, -0.15) is 0 Å². The fourth-order valence-corrected chi connectivity index (χ4v) is 1.53. The maximum absolute atomic E-state index is 5.88. The summed E-state index contributed by atoms with van der Waals surface area (Å²) in [6.45, 7) is 0. The van der Waals surface area contributed by atoms with Crippen molar-refractivity contribution in [2.24, 2.45) is 7.05 Å². The molecule has 0 fully saturated rings. The largest absolute Gasteiger partial charge is 0.380 e. The summed E-state index contributed by atoms with van der Waals surface area (Å²) < 4.78 is 1.63. The van der Waals surface area contributed by atoms with Gasteiger partial charge in [-0.3, -0.25) is 0 Å². The molecule has 0 aliphatic rings. The van der Waals surface area contributed by atoms with Crippen LogP contribution in [0.2, 0.25) is 5.02 Å². The average Bonchev–Trinajstić information content (AvgIpc) is 2.46. The molecule has 5 heteroatoms. The predicted molar refractivity (Wildman–Crippen MR) is 55.9 cm³/mol. The van der Waals surface area contributed by atoms with Crippen LogP contribution in [-0.4, -0.2) is 15.0 Å². The van der Waals surface area contributed by atoms with Crippen molar-refractivity contribution in [2.45, 2.75) is 0 Å². The zero-order valence-electron chi connectivity index (χ0n) is 7.61. The summed E-state index contributed by atoms with van der Waals surface area (Å²) in [4.78, 5) is 0. The van der Waals surface area contributed by atoms with Crippen molar-refractivity contribution in [1.82, 2.24) is 15.0 Å². The molecule has 0 aliphatic carbocycles. The second kappa shape index (κ2) is 3.31. The molecule has 2 N–H and O–H groups in total. The van der Waals surface area contributed by atoms with E-state index < -0.39 is 0 Å². The lowest BCUT2D eigenvalue weighted by molar-refractivity contribution is 0.721. The predicted octanol–water partition coefficient (Wildman–Crippen LogP) is 1.72. The molecule has 4 nitrogen and oxygen atoms in total. The fraction of sp³-hybridized carbons (Fsp3) is 0.111. The Balaban J connectivity index is 2.59. The van der Waals surface area contributed by atoms with E-state index in [4.69, 9.17) is 17.3 Å². The molecule has 0 atom stereocenters. The molecular weight excluding hydrogens is 200 g/mol. The lowest BCUT2D eigenvalue weighted by Gasteiger charge is -2.01. The van der Waals surface area contributed by atoms with Crippen molar-refractivity contribution in [1.29, 1.82) is 0 Å². The summed E-state index contributed by atoms with van der Waals surface area (Å²) in [6.07, 6.45) is 0. The Kier molecular flexibility index (Phi) is 2.13. The molecule has 2 aromatic rings. The smallest absolute Gasteiger partial charge is 0.174 e. The van der Waals surface area contributed by atoms with E-state index in [0.29, 0.717) is 10.8 Å². The standard InChI is InChI=1S/C9H9ClN4/c1-14-8(9(11)12-13-14)6-3-2-4-7(10)5-6/h2-5H,11H2,1H3. The number of hydrogen-bond donors (Lipinski definition) is 1. The van der Waals surface area contributed by atoms with Crippen LogP contribution in [0.1, 0.15) is 0 Å². The van der Waals surface area contributed by atoms with Gasteiger partial charge in [0.05, 0.1) is 0 Å². The maximum atomic E-state index is 5.88. The highest BCUT2D eigenvalue weighted by molar-refractivity contribution is 6.30. The van der Waals surface area contributed by atoms with E-state index in [1.54, 1.807) is 11.7 Å². The van der Waals surface area contributed by atoms with E-state index in [0.717, 1.165) is 11.3 Å². The van der Waals surface area contributed by atoms with Crippen molar-refractivity contribution in [2.75, 3.05) is 5.73 Å². The Bertz CT molecular complexity index is 444. The van der Waals surface area contributed by atoms with Crippen LogP contribution in [0.5, 0.6) is 0 Å². The molecule has 0 aliphatic heterocycles. The summed E-state index contributed by atoms with van der Waals surface area (Å²) in [6, 6.07) is 7.42. The third-order valence-electron chi connectivity index (χ3n) is 1.95. The Morgan fingerprint density at radius 2 is 2.21 bits per heavy atom. The molecule has 0 radical (unpaired) electrons. The van der Waals surface area contributed by atoms with Crippen LogP contribution < -0.4 is 5.73 Å². The molecule has 1 aromatic carbocycles. The van der Waals surface area contributed by atoms with Crippen LogP contribution in [0.4, 0.5) is 5.82 Å². The summed E-state index contributed by atoms with van der Waals surface area (Å²) in [5, 5.41) is 8.26. The molecular formula is C9H9ClN4. The Labute approximate surface area is 86.3 Å². The minimum absolute atomic E-state index is 0.412. The van der Waals surface area contributed by atoms with Gasteiger partial charge in [0.1, 0.15) is 5.69 Å². The molecule has 0 saturated heterocycles. The number of aryl methyl sites for hydroxylation is 1. The van der Waals surface area contributed by atoms with E-state index in [2.05, 4.69) is 10.3 Å². The summed E-state index contributed by atoms with van der Waals surface area (Å²) >= 11 is 5.88. The lowest BCUT2D eigenvalue weighted by atomic mass is 10.1. The number of nitrogen functional groups attached to an aromatic ring is 1. The highest BCUT2D eigenvalue weighted by atomic mass is 35.5. The van der Waals surface area contributed by atoms with Crippen LogP contribution in [0.15, 0.2) is 24.3 Å². The monoisotopic (exact) mass is 208 g/mol. The number of hydrogen-bond acceptors (Lipinski definition) is 3. The zero-order valence-corrected chi connectivity index (χ0v) is 8.36.